The minimum Gasteiger partial charge on any atom is -0.374 e. The number of carbonyl (C=O) groups excluding carboxylic acids is 2. The van der Waals surface area contributed by atoms with Gasteiger partial charge >= 0.3 is 0 Å². The number of benzene rings is 2. The third-order valence-electron chi connectivity index (χ3n) is 4.02. The van der Waals surface area contributed by atoms with Gasteiger partial charge in [-0.15, -0.1) is 0 Å². The van der Waals surface area contributed by atoms with E-state index in [-0.39, 0.29) is 30.6 Å². The van der Waals surface area contributed by atoms with E-state index < -0.39 is 0 Å². The van der Waals surface area contributed by atoms with Gasteiger partial charge in [0.15, 0.2) is 5.78 Å². The molecule has 0 atom stereocenters. The van der Waals surface area contributed by atoms with Crippen LogP contribution >= 0.6 is 0 Å². The largest absolute Gasteiger partial charge is 0.374 e. The number of carbonyl (C=O) groups is 2. The van der Waals surface area contributed by atoms with E-state index in [2.05, 4.69) is 5.32 Å². The zero-order chi connectivity index (χ0) is 18.9. The molecular formula is C22H27NO3. The number of amides is 1. The summed E-state index contributed by atoms with van der Waals surface area (Å²) in [6.45, 7) is 6.99. The minimum atomic E-state index is -0.116. The van der Waals surface area contributed by atoms with Crippen LogP contribution in [0.3, 0.4) is 0 Å². The fourth-order valence-electron chi connectivity index (χ4n) is 2.49. The molecule has 0 aliphatic carbocycles. The zero-order valence-corrected chi connectivity index (χ0v) is 15.7. The fraction of sp³-hybridized carbons (Fsp3) is 0.364. The smallest absolute Gasteiger partial charge is 0.220 e. The van der Waals surface area contributed by atoms with E-state index in [9.17, 15) is 9.59 Å². The molecule has 26 heavy (non-hydrogen) atoms. The summed E-state index contributed by atoms with van der Waals surface area (Å²) in [6, 6.07) is 15.4. The molecule has 0 radical (unpaired) electrons. The van der Waals surface area contributed by atoms with Crippen LogP contribution in [0.2, 0.25) is 0 Å². The SMILES string of the molecule is Cc1ccc(C(=O)CCC(=O)NCc2cccc(COC(C)C)c2)cc1. The van der Waals surface area contributed by atoms with E-state index in [4.69, 9.17) is 4.74 Å². The van der Waals surface area contributed by atoms with E-state index in [1.54, 1.807) is 12.1 Å². The van der Waals surface area contributed by atoms with Crippen LogP contribution in [0.15, 0.2) is 48.5 Å². The summed E-state index contributed by atoms with van der Waals surface area (Å²) in [7, 11) is 0. The van der Waals surface area contributed by atoms with Gasteiger partial charge in [-0.25, -0.2) is 0 Å². The maximum absolute atomic E-state index is 12.1. The van der Waals surface area contributed by atoms with Crippen molar-refractivity contribution in [2.45, 2.75) is 52.9 Å². The van der Waals surface area contributed by atoms with Crippen LogP contribution in [0.25, 0.3) is 0 Å². The van der Waals surface area contributed by atoms with E-state index >= 15 is 0 Å². The molecule has 0 unspecified atom stereocenters. The second kappa shape index (κ2) is 9.88. The molecule has 0 aromatic heterocycles. The summed E-state index contributed by atoms with van der Waals surface area (Å²) in [4.78, 5) is 24.1. The third kappa shape index (κ3) is 6.81. The Kier molecular flexibility index (Phi) is 7.54. The summed E-state index contributed by atoms with van der Waals surface area (Å²) in [6.07, 6.45) is 0.601. The van der Waals surface area contributed by atoms with Gasteiger partial charge in [0, 0.05) is 24.9 Å². The van der Waals surface area contributed by atoms with Gasteiger partial charge in [0.05, 0.1) is 12.7 Å². The Balaban J connectivity index is 1.77. The summed E-state index contributed by atoms with van der Waals surface area (Å²) in [5.74, 6) is -0.123. The maximum atomic E-state index is 12.1. The minimum absolute atomic E-state index is 0.00650. The van der Waals surface area contributed by atoms with Crippen molar-refractivity contribution in [2.24, 2.45) is 0 Å². The van der Waals surface area contributed by atoms with Crippen molar-refractivity contribution in [3.8, 4) is 0 Å². The molecule has 0 heterocycles. The lowest BCUT2D eigenvalue weighted by atomic mass is 10.0. The number of rotatable bonds is 9. The molecule has 0 fully saturated rings. The summed E-state index contributed by atoms with van der Waals surface area (Å²) >= 11 is 0. The van der Waals surface area contributed by atoms with Crippen molar-refractivity contribution < 1.29 is 14.3 Å². The summed E-state index contributed by atoms with van der Waals surface area (Å²) < 4.78 is 5.60. The van der Waals surface area contributed by atoms with Gasteiger partial charge in [0.2, 0.25) is 5.91 Å². The summed E-state index contributed by atoms with van der Waals surface area (Å²) in [5.41, 5.74) is 3.87. The molecule has 0 bridgehead atoms. The number of Topliss-reactive ketones (excluding diaryl/α,β-unsaturated/α-hetero) is 1. The maximum Gasteiger partial charge on any atom is 0.220 e. The van der Waals surface area contributed by atoms with Crippen molar-refractivity contribution in [2.75, 3.05) is 0 Å². The Bertz CT molecular complexity index is 735. The van der Waals surface area contributed by atoms with Crippen LogP contribution in [0.1, 0.15) is 53.7 Å². The molecule has 2 aromatic rings. The lowest BCUT2D eigenvalue weighted by Gasteiger charge is -2.10. The van der Waals surface area contributed by atoms with Crippen LogP contribution in [0.5, 0.6) is 0 Å². The highest BCUT2D eigenvalue weighted by Crippen LogP contribution is 2.09. The Hall–Kier alpha value is -2.46. The third-order valence-corrected chi connectivity index (χ3v) is 4.02. The lowest BCUT2D eigenvalue weighted by molar-refractivity contribution is -0.121. The molecule has 0 aliphatic heterocycles. The first-order valence-corrected chi connectivity index (χ1v) is 9.00. The van der Waals surface area contributed by atoms with Gasteiger partial charge in [-0.2, -0.15) is 0 Å². The molecule has 1 N–H and O–H groups in total. The second-order valence-electron chi connectivity index (χ2n) is 6.75. The van der Waals surface area contributed by atoms with Crippen LogP contribution in [-0.2, 0) is 22.7 Å². The highest BCUT2D eigenvalue weighted by atomic mass is 16.5. The van der Waals surface area contributed by atoms with E-state index in [0.717, 1.165) is 16.7 Å². The first kappa shape index (κ1) is 19.9. The lowest BCUT2D eigenvalue weighted by Crippen LogP contribution is -2.23. The Morgan fingerprint density at radius 1 is 1.00 bits per heavy atom. The molecule has 4 nitrogen and oxygen atoms in total. The molecule has 1 amide bonds. The van der Waals surface area contributed by atoms with Gasteiger partial charge in [-0.1, -0.05) is 54.1 Å². The van der Waals surface area contributed by atoms with Crippen molar-refractivity contribution in [1.82, 2.24) is 5.32 Å². The van der Waals surface area contributed by atoms with Gasteiger partial charge < -0.3 is 10.1 Å². The predicted octanol–water partition coefficient (Wildman–Crippen LogP) is 4.20. The second-order valence-corrected chi connectivity index (χ2v) is 6.75. The van der Waals surface area contributed by atoms with Crippen LogP contribution in [0.4, 0.5) is 0 Å². The molecule has 138 valence electrons. The Labute approximate surface area is 155 Å². The number of hydrogen-bond donors (Lipinski definition) is 1. The predicted molar refractivity (Wildman–Crippen MR) is 103 cm³/mol. The first-order chi connectivity index (χ1) is 12.4. The van der Waals surface area contributed by atoms with Crippen LogP contribution in [0, 0.1) is 6.92 Å². The van der Waals surface area contributed by atoms with Gasteiger partial charge in [0.1, 0.15) is 0 Å². The molecule has 2 aromatic carbocycles. The van der Waals surface area contributed by atoms with E-state index in [0.29, 0.717) is 18.7 Å². The normalized spacial score (nSPS) is 10.8. The van der Waals surface area contributed by atoms with Gasteiger partial charge in [-0.05, 0) is 31.9 Å². The number of hydrogen-bond acceptors (Lipinski definition) is 3. The number of ketones is 1. The molecule has 0 saturated heterocycles. The number of aryl methyl sites for hydroxylation is 1. The average Bonchev–Trinajstić information content (AvgIpc) is 2.63. The topological polar surface area (TPSA) is 55.4 Å². The summed E-state index contributed by atoms with van der Waals surface area (Å²) in [5, 5.41) is 2.88. The quantitative estimate of drug-likeness (QED) is 0.688. The molecule has 0 aliphatic rings. The Morgan fingerprint density at radius 2 is 1.69 bits per heavy atom. The monoisotopic (exact) mass is 353 g/mol. The Morgan fingerprint density at radius 3 is 2.38 bits per heavy atom. The zero-order valence-electron chi connectivity index (χ0n) is 15.7. The molecule has 4 heteroatoms. The molecule has 0 spiro atoms. The average molecular weight is 353 g/mol. The van der Waals surface area contributed by atoms with Crippen molar-refractivity contribution in [1.29, 1.82) is 0 Å². The van der Waals surface area contributed by atoms with Crippen LogP contribution in [-0.4, -0.2) is 17.8 Å². The molecular weight excluding hydrogens is 326 g/mol. The van der Waals surface area contributed by atoms with Crippen molar-refractivity contribution in [3.63, 3.8) is 0 Å². The number of nitrogens with one attached hydrogen (secondary N) is 1. The molecule has 0 saturated carbocycles. The molecule has 2 rings (SSSR count). The van der Waals surface area contributed by atoms with E-state index in [1.807, 2.05) is 57.2 Å². The first-order valence-electron chi connectivity index (χ1n) is 9.00. The van der Waals surface area contributed by atoms with Crippen LogP contribution < -0.4 is 5.32 Å². The highest BCUT2D eigenvalue weighted by Gasteiger charge is 2.09. The van der Waals surface area contributed by atoms with E-state index in [1.165, 1.54) is 0 Å². The fourth-order valence-corrected chi connectivity index (χ4v) is 2.49. The van der Waals surface area contributed by atoms with Gasteiger partial charge in [-0.3, -0.25) is 9.59 Å². The highest BCUT2D eigenvalue weighted by molar-refractivity contribution is 5.97. The van der Waals surface area contributed by atoms with Crippen molar-refractivity contribution >= 4 is 11.7 Å². The number of ether oxygens (including phenoxy) is 1. The van der Waals surface area contributed by atoms with Crippen molar-refractivity contribution in [3.05, 3.63) is 70.8 Å². The standard InChI is InChI=1S/C22H27NO3/c1-16(2)26-15-19-6-4-5-18(13-19)14-23-22(25)12-11-21(24)20-9-7-17(3)8-10-20/h4-10,13,16H,11-12,14-15H2,1-3H3,(H,23,25). The van der Waals surface area contributed by atoms with Gasteiger partial charge in [0.25, 0.3) is 0 Å².